The summed E-state index contributed by atoms with van der Waals surface area (Å²) >= 11 is 1.07. The highest BCUT2D eigenvalue weighted by atomic mass is 32.1. The molecule has 1 heterocycles. The molecule has 0 bridgehead atoms. The van der Waals surface area contributed by atoms with Crippen LogP contribution in [0.25, 0.3) is 10.3 Å². The van der Waals surface area contributed by atoms with Crippen molar-refractivity contribution in [2.24, 2.45) is 0 Å². The Hall–Kier alpha value is -2.07. The summed E-state index contributed by atoms with van der Waals surface area (Å²) in [5.41, 5.74) is 1.67. The largest absolute Gasteiger partial charge is 0.487 e. The normalized spacial score (nSPS) is 10.7. The number of rotatable bonds is 3. The standard InChI is InChI=1S/C14H10O3S/c15-14-17-12-8-4-7-11(13(12)18-14)16-9-10-5-2-1-3-6-10/h1-8H,9H2. The lowest BCUT2D eigenvalue weighted by atomic mass is 10.2. The highest BCUT2D eigenvalue weighted by Crippen LogP contribution is 2.28. The van der Waals surface area contributed by atoms with Gasteiger partial charge in [-0.05, 0) is 29.0 Å². The zero-order chi connectivity index (χ0) is 12.4. The molecule has 0 unspecified atom stereocenters. The van der Waals surface area contributed by atoms with Crippen LogP contribution in [0.5, 0.6) is 5.75 Å². The van der Waals surface area contributed by atoms with Crippen molar-refractivity contribution in [3.8, 4) is 5.75 Å². The molecule has 3 nitrogen and oxygen atoms in total. The molecule has 0 saturated carbocycles. The molecule has 0 N–H and O–H groups in total. The molecule has 0 amide bonds. The van der Waals surface area contributed by atoms with Crippen molar-refractivity contribution >= 4 is 21.6 Å². The Bertz CT molecular complexity index is 712. The molecule has 4 heteroatoms. The monoisotopic (exact) mass is 258 g/mol. The second kappa shape index (κ2) is 4.66. The van der Waals surface area contributed by atoms with E-state index in [1.54, 1.807) is 6.07 Å². The number of hydrogen-bond donors (Lipinski definition) is 0. The zero-order valence-electron chi connectivity index (χ0n) is 9.46. The smallest absolute Gasteiger partial charge is 0.396 e. The van der Waals surface area contributed by atoms with Crippen LogP contribution < -0.4 is 9.68 Å². The van der Waals surface area contributed by atoms with Crippen molar-refractivity contribution in [3.05, 3.63) is 63.8 Å². The number of fused-ring (bicyclic) bond motifs is 1. The minimum absolute atomic E-state index is 0.305. The van der Waals surface area contributed by atoms with Crippen molar-refractivity contribution in [3.63, 3.8) is 0 Å². The van der Waals surface area contributed by atoms with E-state index in [2.05, 4.69) is 0 Å². The Morgan fingerprint density at radius 3 is 2.72 bits per heavy atom. The van der Waals surface area contributed by atoms with Gasteiger partial charge in [0, 0.05) is 0 Å². The average Bonchev–Trinajstić information content (AvgIpc) is 2.78. The van der Waals surface area contributed by atoms with E-state index in [-0.39, 0.29) is 4.94 Å². The fourth-order valence-electron chi connectivity index (χ4n) is 1.72. The van der Waals surface area contributed by atoms with Gasteiger partial charge in [-0.25, -0.2) is 4.79 Å². The maximum absolute atomic E-state index is 11.2. The summed E-state index contributed by atoms with van der Waals surface area (Å²) in [6.07, 6.45) is 0. The molecule has 18 heavy (non-hydrogen) atoms. The van der Waals surface area contributed by atoms with Gasteiger partial charge in [0.05, 0.1) is 0 Å². The van der Waals surface area contributed by atoms with Crippen LogP contribution in [0.4, 0.5) is 0 Å². The summed E-state index contributed by atoms with van der Waals surface area (Å²) in [6.45, 7) is 0.478. The molecule has 0 spiro atoms. The van der Waals surface area contributed by atoms with Crippen LogP contribution in [-0.2, 0) is 6.61 Å². The van der Waals surface area contributed by atoms with Crippen molar-refractivity contribution in [2.75, 3.05) is 0 Å². The van der Waals surface area contributed by atoms with Crippen molar-refractivity contribution < 1.29 is 9.15 Å². The summed E-state index contributed by atoms with van der Waals surface area (Å²) in [6, 6.07) is 15.3. The molecule has 3 rings (SSSR count). The SMILES string of the molecule is O=c1oc2cccc(OCc3ccccc3)c2s1. The van der Waals surface area contributed by atoms with Gasteiger partial charge in [-0.15, -0.1) is 0 Å². The van der Waals surface area contributed by atoms with Gasteiger partial charge in [0.2, 0.25) is 0 Å². The molecule has 0 aliphatic heterocycles. The summed E-state index contributed by atoms with van der Waals surface area (Å²) in [7, 11) is 0. The summed E-state index contributed by atoms with van der Waals surface area (Å²) in [4.78, 5) is 10.9. The summed E-state index contributed by atoms with van der Waals surface area (Å²) in [5, 5.41) is 0. The third-order valence-corrected chi connectivity index (χ3v) is 3.42. The van der Waals surface area contributed by atoms with Gasteiger partial charge >= 0.3 is 4.94 Å². The predicted molar refractivity (Wildman–Crippen MR) is 71.1 cm³/mol. The Morgan fingerprint density at radius 2 is 1.89 bits per heavy atom. The molecular formula is C14H10O3S. The first-order valence-electron chi connectivity index (χ1n) is 5.52. The van der Waals surface area contributed by atoms with E-state index in [1.165, 1.54) is 0 Å². The first-order valence-corrected chi connectivity index (χ1v) is 6.34. The van der Waals surface area contributed by atoms with E-state index in [9.17, 15) is 4.79 Å². The third kappa shape index (κ3) is 2.15. The maximum Gasteiger partial charge on any atom is 0.396 e. The lowest BCUT2D eigenvalue weighted by Crippen LogP contribution is -1.94. The molecule has 0 aliphatic carbocycles. The molecule has 0 aliphatic rings. The molecule has 0 fully saturated rings. The van der Waals surface area contributed by atoms with Crippen LogP contribution in [-0.4, -0.2) is 0 Å². The molecule has 3 aromatic rings. The number of ether oxygens (including phenoxy) is 1. The van der Waals surface area contributed by atoms with Gasteiger partial charge in [-0.3, -0.25) is 0 Å². The maximum atomic E-state index is 11.2. The summed E-state index contributed by atoms with van der Waals surface area (Å²) in [5.74, 6) is 0.687. The van der Waals surface area contributed by atoms with Gasteiger partial charge in [0.25, 0.3) is 0 Å². The summed E-state index contributed by atoms with van der Waals surface area (Å²) < 4.78 is 11.5. The van der Waals surface area contributed by atoms with Crippen molar-refractivity contribution in [2.45, 2.75) is 6.61 Å². The minimum atomic E-state index is -0.305. The number of benzene rings is 2. The molecule has 0 saturated heterocycles. The van der Waals surface area contributed by atoms with Gasteiger partial charge in [0.15, 0.2) is 5.58 Å². The van der Waals surface area contributed by atoms with Crippen molar-refractivity contribution in [1.82, 2.24) is 0 Å². The van der Waals surface area contributed by atoms with E-state index in [0.717, 1.165) is 21.6 Å². The highest BCUT2D eigenvalue weighted by Gasteiger charge is 2.08. The van der Waals surface area contributed by atoms with E-state index in [0.29, 0.717) is 17.9 Å². The molecular weight excluding hydrogens is 248 g/mol. The van der Waals surface area contributed by atoms with Crippen LogP contribution >= 0.6 is 11.3 Å². The van der Waals surface area contributed by atoms with E-state index < -0.39 is 0 Å². The predicted octanol–water partition coefficient (Wildman–Crippen LogP) is 3.43. The van der Waals surface area contributed by atoms with Gasteiger partial charge in [0.1, 0.15) is 17.1 Å². The molecule has 0 radical (unpaired) electrons. The Morgan fingerprint density at radius 1 is 1.06 bits per heavy atom. The zero-order valence-corrected chi connectivity index (χ0v) is 10.3. The molecule has 90 valence electrons. The first kappa shape index (κ1) is 11.0. The minimum Gasteiger partial charge on any atom is -0.487 e. The quantitative estimate of drug-likeness (QED) is 0.722. The number of hydrogen-bond acceptors (Lipinski definition) is 4. The van der Waals surface area contributed by atoms with Crippen LogP contribution in [0.3, 0.4) is 0 Å². The second-order valence-electron chi connectivity index (χ2n) is 3.81. The fourth-order valence-corrected chi connectivity index (χ4v) is 2.46. The first-order chi connectivity index (χ1) is 8.83. The van der Waals surface area contributed by atoms with Crippen LogP contribution in [0, 0.1) is 0 Å². The van der Waals surface area contributed by atoms with E-state index in [1.807, 2.05) is 42.5 Å². The van der Waals surface area contributed by atoms with Crippen LogP contribution in [0.15, 0.2) is 57.7 Å². The highest BCUT2D eigenvalue weighted by molar-refractivity contribution is 7.16. The lowest BCUT2D eigenvalue weighted by Gasteiger charge is -2.06. The topological polar surface area (TPSA) is 39.4 Å². The third-order valence-electron chi connectivity index (χ3n) is 2.56. The molecule has 0 atom stereocenters. The van der Waals surface area contributed by atoms with Crippen molar-refractivity contribution in [1.29, 1.82) is 0 Å². The van der Waals surface area contributed by atoms with Gasteiger partial charge < -0.3 is 9.15 Å². The van der Waals surface area contributed by atoms with Gasteiger partial charge in [-0.2, -0.15) is 0 Å². The van der Waals surface area contributed by atoms with Crippen LogP contribution in [0.2, 0.25) is 0 Å². The van der Waals surface area contributed by atoms with E-state index >= 15 is 0 Å². The van der Waals surface area contributed by atoms with Crippen LogP contribution in [0.1, 0.15) is 5.56 Å². The van der Waals surface area contributed by atoms with Gasteiger partial charge in [-0.1, -0.05) is 36.4 Å². The average molecular weight is 258 g/mol. The fraction of sp³-hybridized carbons (Fsp3) is 0.0714. The second-order valence-corrected chi connectivity index (χ2v) is 4.76. The molecule has 1 aromatic heterocycles. The Labute approximate surface area is 107 Å². The Balaban J connectivity index is 1.89. The lowest BCUT2D eigenvalue weighted by molar-refractivity contribution is 0.310. The Kier molecular flexibility index (Phi) is 2.86. The molecule has 2 aromatic carbocycles. The van der Waals surface area contributed by atoms with E-state index in [4.69, 9.17) is 9.15 Å².